The zero-order chi connectivity index (χ0) is 27.9. The highest BCUT2D eigenvalue weighted by molar-refractivity contribution is 5.99. The Morgan fingerprint density at radius 1 is 1.05 bits per heavy atom. The zero-order valence-electron chi connectivity index (χ0n) is 23.8. The van der Waals surface area contributed by atoms with Gasteiger partial charge in [-0.05, 0) is 38.5 Å². The van der Waals surface area contributed by atoms with Gasteiger partial charge in [0.05, 0.1) is 17.4 Å². The van der Waals surface area contributed by atoms with E-state index in [1.165, 1.54) is 0 Å². The molecule has 3 saturated heterocycles. The van der Waals surface area contributed by atoms with Crippen LogP contribution in [0.1, 0.15) is 78.1 Å². The van der Waals surface area contributed by atoms with Gasteiger partial charge < -0.3 is 24.5 Å². The van der Waals surface area contributed by atoms with E-state index in [4.69, 9.17) is 9.84 Å². The minimum Gasteiger partial charge on any atom is -0.396 e. The summed E-state index contributed by atoms with van der Waals surface area (Å²) in [7, 11) is 1.74. The standard InChI is InChI=1S/C30H49N3O5/c1-6-10-13-20-32(19-8-3)28(37)25-30-17-16-29(9-4,38-30)23(26(35)31(5)18-7-2)24(30)27(36)33(25)21-14-11-12-15-22-34/h7-8,23-25,34H,2-3,6,9-22H2,1,4-5H3/t23-,24+,25?,29+,30?/m1/s1. The molecule has 8 nitrogen and oxygen atoms in total. The highest BCUT2D eigenvalue weighted by Crippen LogP contribution is 2.64. The van der Waals surface area contributed by atoms with Gasteiger partial charge in [-0.1, -0.05) is 51.7 Å². The van der Waals surface area contributed by atoms with Crippen molar-refractivity contribution in [3.8, 4) is 0 Å². The number of hydrogen-bond acceptors (Lipinski definition) is 5. The van der Waals surface area contributed by atoms with Crippen LogP contribution in [0.25, 0.3) is 0 Å². The van der Waals surface area contributed by atoms with Crippen LogP contribution in [0.5, 0.6) is 0 Å². The molecule has 214 valence electrons. The first kappa shape index (κ1) is 30.4. The number of carbonyl (C=O) groups is 3. The number of amides is 3. The summed E-state index contributed by atoms with van der Waals surface area (Å²) >= 11 is 0. The lowest BCUT2D eigenvalue weighted by Crippen LogP contribution is -2.56. The summed E-state index contributed by atoms with van der Waals surface area (Å²) in [6.45, 7) is 13.8. The Balaban J connectivity index is 2.00. The van der Waals surface area contributed by atoms with E-state index in [1.807, 2.05) is 11.8 Å². The molecular formula is C30H49N3O5. The van der Waals surface area contributed by atoms with Crippen LogP contribution in [-0.2, 0) is 19.1 Å². The topological polar surface area (TPSA) is 90.4 Å². The Kier molecular flexibility index (Phi) is 10.6. The molecule has 0 aromatic carbocycles. The second kappa shape index (κ2) is 13.2. The summed E-state index contributed by atoms with van der Waals surface area (Å²) in [5.74, 6) is -1.59. The predicted octanol–water partition coefficient (Wildman–Crippen LogP) is 3.54. The molecule has 0 aromatic rings. The van der Waals surface area contributed by atoms with Crippen LogP contribution >= 0.6 is 0 Å². The average molecular weight is 532 g/mol. The molecular weight excluding hydrogens is 482 g/mol. The van der Waals surface area contributed by atoms with Gasteiger partial charge in [0.2, 0.25) is 17.7 Å². The lowest BCUT2D eigenvalue weighted by atomic mass is 9.64. The SMILES string of the molecule is C=CCN(C)C(=O)[C@H]1[C@H]2C(=O)N(CCCCCCO)C(C(=O)N(CC=C)CCCCC)C23CC[C@]1(CC)O3. The van der Waals surface area contributed by atoms with Gasteiger partial charge in [0.15, 0.2) is 0 Å². The van der Waals surface area contributed by atoms with Crippen molar-refractivity contribution in [3.63, 3.8) is 0 Å². The smallest absolute Gasteiger partial charge is 0.248 e. The molecule has 3 fully saturated rings. The van der Waals surface area contributed by atoms with Crippen molar-refractivity contribution in [3.05, 3.63) is 25.3 Å². The van der Waals surface area contributed by atoms with E-state index in [0.29, 0.717) is 45.4 Å². The van der Waals surface area contributed by atoms with Crippen LogP contribution in [0.2, 0.25) is 0 Å². The van der Waals surface area contributed by atoms with Crippen LogP contribution in [0.4, 0.5) is 0 Å². The van der Waals surface area contributed by atoms with Gasteiger partial charge in [0.1, 0.15) is 11.6 Å². The number of likely N-dealkylation sites (tertiary alicyclic amines) is 1. The summed E-state index contributed by atoms with van der Waals surface area (Å²) < 4.78 is 6.87. The van der Waals surface area contributed by atoms with Gasteiger partial charge in [0, 0.05) is 39.8 Å². The van der Waals surface area contributed by atoms with Crippen molar-refractivity contribution in [1.82, 2.24) is 14.7 Å². The van der Waals surface area contributed by atoms with E-state index in [-0.39, 0.29) is 24.3 Å². The molecule has 3 aliphatic heterocycles. The zero-order valence-corrected chi connectivity index (χ0v) is 23.8. The Hall–Kier alpha value is -2.19. The molecule has 8 heteroatoms. The Morgan fingerprint density at radius 2 is 1.76 bits per heavy atom. The highest BCUT2D eigenvalue weighted by atomic mass is 16.5. The van der Waals surface area contributed by atoms with Crippen molar-refractivity contribution < 1.29 is 24.2 Å². The molecule has 1 spiro atoms. The maximum atomic E-state index is 14.3. The molecule has 0 radical (unpaired) electrons. The number of carbonyl (C=O) groups excluding carboxylic acids is 3. The van der Waals surface area contributed by atoms with Crippen LogP contribution in [0, 0.1) is 11.8 Å². The fraction of sp³-hybridized carbons (Fsp3) is 0.767. The Labute approximate surface area is 229 Å². The number of nitrogens with zero attached hydrogens (tertiary/aromatic N) is 3. The second-order valence-electron chi connectivity index (χ2n) is 11.3. The quantitative estimate of drug-likeness (QED) is 0.229. The number of rotatable bonds is 17. The molecule has 5 atom stereocenters. The number of aliphatic hydroxyl groups is 1. The maximum absolute atomic E-state index is 14.3. The van der Waals surface area contributed by atoms with Crippen LogP contribution in [-0.4, -0.2) is 94.6 Å². The van der Waals surface area contributed by atoms with E-state index in [1.54, 1.807) is 29.0 Å². The number of unbranched alkanes of at least 4 members (excludes halogenated alkanes) is 5. The molecule has 0 saturated carbocycles. The fourth-order valence-corrected chi connectivity index (χ4v) is 7.05. The third kappa shape index (κ3) is 5.44. The van der Waals surface area contributed by atoms with Crippen molar-refractivity contribution >= 4 is 17.7 Å². The molecule has 1 N–H and O–H groups in total. The summed E-state index contributed by atoms with van der Waals surface area (Å²) in [5, 5.41) is 9.14. The monoisotopic (exact) mass is 531 g/mol. The molecule has 0 aliphatic carbocycles. The summed E-state index contributed by atoms with van der Waals surface area (Å²) in [6, 6.07) is -0.740. The first-order valence-electron chi connectivity index (χ1n) is 14.7. The fourth-order valence-electron chi connectivity index (χ4n) is 7.05. The van der Waals surface area contributed by atoms with E-state index in [2.05, 4.69) is 20.1 Å². The van der Waals surface area contributed by atoms with Crippen molar-refractivity contribution in [2.45, 2.75) is 95.3 Å². The van der Waals surface area contributed by atoms with Crippen molar-refractivity contribution in [2.75, 3.05) is 39.8 Å². The van der Waals surface area contributed by atoms with Crippen LogP contribution < -0.4 is 0 Å². The average Bonchev–Trinajstić information content (AvgIpc) is 3.51. The van der Waals surface area contributed by atoms with Gasteiger partial charge in [-0.2, -0.15) is 0 Å². The second-order valence-corrected chi connectivity index (χ2v) is 11.3. The first-order valence-corrected chi connectivity index (χ1v) is 14.7. The van der Waals surface area contributed by atoms with E-state index < -0.39 is 29.1 Å². The first-order chi connectivity index (χ1) is 18.3. The number of likely N-dealkylation sites (N-methyl/N-ethyl adjacent to an activating group) is 1. The minimum absolute atomic E-state index is 0.0911. The van der Waals surface area contributed by atoms with Gasteiger partial charge in [-0.25, -0.2) is 0 Å². The molecule has 38 heavy (non-hydrogen) atoms. The number of ether oxygens (including phenoxy) is 1. The molecule has 2 bridgehead atoms. The molecule has 3 aliphatic rings. The maximum Gasteiger partial charge on any atom is 0.248 e. The summed E-state index contributed by atoms with van der Waals surface area (Å²) in [4.78, 5) is 47.5. The Morgan fingerprint density at radius 3 is 2.39 bits per heavy atom. The lowest BCUT2D eigenvalue weighted by Gasteiger charge is -2.37. The van der Waals surface area contributed by atoms with E-state index in [9.17, 15) is 14.4 Å². The number of fused-ring (bicyclic) bond motifs is 1. The van der Waals surface area contributed by atoms with E-state index in [0.717, 1.165) is 44.9 Å². The normalized spacial score (nSPS) is 29.4. The minimum atomic E-state index is -0.991. The predicted molar refractivity (Wildman–Crippen MR) is 148 cm³/mol. The molecule has 2 unspecified atom stereocenters. The van der Waals surface area contributed by atoms with Gasteiger partial charge in [-0.3, -0.25) is 14.4 Å². The van der Waals surface area contributed by atoms with Gasteiger partial charge in [-0.15, -0.1) is 13.2 Å². The summed E-state index contributed by atoms with van der Waals surface area (Å²) in [6.07, 6.45) is 11.5. The third-order valence-electron chi connectivity index (χ3n) is 8.96. The molecule has 3 heterocycles. The molecule has 3 rings (SSSR count). The molecule has 0 aromatic heterocycles. The Bertz CT molecular complexity index is 878. The molecule has 3 amide bonds. The van der Waals surface area contributed by atoms with Crippen LogP contribution in [0.15, 0.2) is 25.3 Å². The third-order valence-corrected chi connectivity index (χ3v) is 8.96. The highest BCUT2D eigenvalue weighted by Gasteiger charge is 2.78. The lowest BCUT2D eigenvalue weighted by molar-refractivity contribution is -0.154. The van der Waals surface area contributed by atoms with Crippen molar-refractivity contribution in [2.24, 2.45) is 11.8 Å². The van der Waals surface area contributed by atoms with Gasteiger partial charge >= 0.3 is 0 Å². The van der Waals surface area contributed by atoms with E-state index >= 15 is 0 Å². The van der Waals surface area contributed by atoms with Crippen LogP contribution in [0.3, 0.4) is 0 Å². The number of hydrogen-bond donors (Lipinski definition) is 1. The largest absolute Gasteiger partial charge is 0.396 e. The number of aliphatic hydroxyl groups excluding tert-OH is 1. The summed E-state index contributed by atoms with van der Waals surface area (Å²) in [5.41, 5.74) is -1.72. The van der Waals surface area contributed by atoms with Gasteiger partial charge in [0.25, 0.3) is 0 Å². The van der Waals surface area contributed by atoms with Crippen molar-refractivity contribution in [1.29, 1.82) is 0 Å².